The lowest BCUT2D eigenvalue weighted by molar-refractivity contribution is -0.993. The predicted molar refractivity (Wildman–Crippen MR) is 102 cm³/mol. The summed E-state index contributed by atoms with van der Waals surface area (Å²) in [6.07, 6.45) is 9.15. The first-order valence-corrected chi connectivity index (χ1v) is 9.06. The monoisotopic (exact) mass is 370 g/mol. The quantitative estimate of drug-likeness (QED) is 0.287. The van der Waals surface area contributed by atoms with Gasteiger partial charge in [0.25, 0.3) is 0 Å². The Morgan fingerprint density at radius 1 is 1.36 bits per heavy atom. The molecular formula is C19H31ClN2O3. The van der Waals surface area contributed by atoms with Gasteiger partial charge in [0.2, 0.25) is 5.82 Å². The summed E-state index contributed by atoms with van der Waals surface area (Å²) in [5.74, 6) is 0.119. The van der Waals surface area contributed by atoms with Gasteiger partial charge in [0, 0.05) is 18.7 Å². The largest absolute Gasteiger partial charge is 0.594 e. The van der Waals surface area contributed by atoms with Crippen LogP contribution < -0.4 is 5.23 Å². The van der Waals surface area contributed by atoms with E-state index >= 15 is 0 Å². The average molecular weight is 371 g/mol. The number of H-pyrrole nitrogens is 1. The number of aromatic amines is 1. The van der Waals surface area contributed by atoms with Crippen molar-refractivity contribution in [1.29, 1.82) is 0 Å². The summed E-state index contributed by atoms with van der Waals surface area (Å²) in [5, 5.41) is 29.2. The molecule has 4 N–H and O–H groups in total. The second-order valence-electron chi connectivity index (χ2n) is 7.13. The van der Waals surface area contributed by atoms with Gasteiger partial charge in [0.1, 0.15) is 0 Å². The van der Waals surface area contributed by atoms with Gasteiger partial charge in [-0.25, -0.2) is 5.21 Å². The predicted octanol–water partition coefficient (Wildman–Crippen LogP) is 3.79. The lowest BCUT2D eigenvalue weighted by Crippen LogP contribution is -2.99. The van der Waals surface area contributed by atoms with Crippen molar-refractivity contribution >= 4 is 17.4 Å². The van der Waals surface area contributed by atoms with Crippen LogP contribution in [0.15, 0.2) is 35.6 Å². The SMILES string of the molecule is CC(C)=CCCC(C)=CCCC(C)(Cl)C(O)Cc1c[nH]c([NH+]([O-])O)c1. The number of nitrogens with one attached hydrogen (secondary N) is 2. The zero-order valence-corrected chi connectivity index (χ0v) is 16.4. The van der Waals surface area contributed by atoms with E-state index in [9.17, 15) is 10.3 Å². The molecule has 25 heavy (non-hydrogen) atoms. The number of hydrogen-bond acceptors (Lipinski definition) is 3. The molecule has 3 atom stereocenters. The van der Waals surface area contributed by atoms with Crippen molar-refractivity contribution in [1.82, 2.24) is 4.98 Å². The highest BCUT2D eigenvalue weighted by Gasteiger charge is 2.30. The van der Waals surface area contributed by atoms with Crippen LogP contribution in [0.4, 0.5) is 5.82 Å². The normalized spacial score (nSPS) is 17.0. The minimum absolute atomic E-state index is 0.119. The van der Waals surface area contributed by atoms with E-state index in [1.54, 1.807) is 6.20 Å². The molecule has 142 valence electrons. The van der Waals surface area contributed by atoms with Gasteiger partial charge in [-0.2, -0.15) is 5.23 Å². The Morgan fingerprint density at radius 3 is 2.60 bits per heavy atom. The molecule has 0 radical (unpaired) electrons. The maximum absolute atomic E-state index is 10.9. The minimum Gasteiger partial charge on any atom is -0.594 e. The number of rotatable bonds is 10. The number of aliphatic hydroxyl groups excluding tert-OH is 1. The molecule has 1 aromatic heterocycles. The van der Waals surface area contributed by atoms with Gasteiger partial charge in [-0.15, -0.1) is 11.6 Å². The lowest BCUT2D eigenvalue weighted by atomic mass is 9.93. The van der Waals surface area contributed by atoms with Crippen molar-refractivity contribution in [3.05, 3.63) is 46.3 Å². The smallest absolute Gasteiger partial charge is 0.237 e. The molecule has 6 heteroatoms. The van der Waals surface area contributed by atoms with Crippen LogP contribution in [-0.2, 0) is 6.42 Å². The fourth-order valence-corrected chi connectivity index (χ4v) is 2.76. The van der Waals surface area contributed by atoms with Gasteiger partial charge >= 0.3 is 0 Å². The molecule has 0 bridgehead atoms. The number of quaternary nitrogens is 1. The highest BCUT2D eigenvalue weighted by atomic mass is 35.5. The Hall–Kier alpha value is -1.11. The Morgan fingerprint density at radius 2 is 2.04 bits per heavy atom. The van der Waals surface area contributed by atoms with E-state index in [-0.39, 0.29) is 5.82 Å². The molecule has 0 spiro atoms. The zero-order chi connectivity index (χ0) is 19.0. The number of aliphatic hydroxyl groups is 1. The number of halogens is 1. The van der Waals surface area contributed by atoms with Crippen LogP contribution >= 0.6 is 11.6 Å². The molecule has 1 rings (SSSR count). The molecular weight excluding hydrogens is 340 g/mol. The Bertz CT molecular complexity index is 587. The second-order valence-corrected chi connectivity index (χ2v) is 8.00. The van der Waals surface area contributed by atoms with Gasteiger partial charge in [-0.3, -0.25) is 0 Å². The van der Waals surface area contributed by atoms with Crippen molar-refractivity contribution in [3.63, 3.8) is 0 Å². The van der Waals surface area contributed by atoms with E-state index in [1.165, 1.54) is 17.2 Å². The molecule has 0 aliphatic carbocycles. The van der Waals surface area contributed by atoms with Gasteiger partial charge in [-0.05, 0) is 58.9 Å². The van der Waals surface area contributed by atoms with Crippen LogP contribution in [0.1, 0.15) is 58.9 Å². The average Bonchev–Trinajstić information content (AvgIpc) is 2.95. The molecule has 0 saturated heterocycles. The molecule has 5 nitrogen and oxygen atoms in total. The van der Waals surface area contributed by atoms with Crippen LogP contribution in [0.3, 0.4) is 0 Å². The van der Waals surface area contributed by atoms with Crippen LogP contribution in [0, 0.1) is 5.21 Å². The van der Waals surface area contributed by atoms with Crippen LogP contribution in [0.5, 0.6) is 0 Å². The fourth-order valence-electron chi connectivity index (χ4n) is 2.57. The van der Waals surface area contributed by atoms with Crippen molar-refractivity contribution in [3.8, 4) is 0 Å². The van der Waals surface area contributed by atoms with Crippen molar-refractivity contribution in [2.75, 3.05) is 0 Å². The Balaban J connectivity index is 2.48. The maximum atomic E-state index is 10.9. The topological polar surface area (TPSA) is 83.8 Å². The highest BCUT2D eigenvalue weighted by molar-refractivity contribution is 6.24. The van der Waals surface area contributed by atoms with Crippen LogP contribution in [0.25, 0.3) is 0 Å². The van der Waals surface area contributed by atoms with Crippen LogP contribution in [-0.4, -0.2) is 26.3 Å². The Kier molecular flexibility index (Phi) is 8.89. The summed E-state index contributed by atoms with van der Waals surface area (Å²) in [6, 6.07) is 1.53. The summed E-state index contributed by atoms with van der Waals surface area (Å²) in [7, 11) is 0. The van der Waals surface area contributed by atoms with Gasteiger partial charge in [0.15, 0.2) is 0 Å². The zero-order valence-electron chi connectivity index (χ0n) is 15.6. The molecule has 0 aliphatic rings. The number of allylic oxidation sites excluding steroid dienone is 4. The summed E-state index contributed by atoms with van der Waals surface area (Å²) in [6.45, 7) is 8.15. The molecule has 0 fully saturated rings. The molecule has 1 heterocycles. The summed E-state index contributed by atoms with van der Waals surface area (Å²) < 4.78 is 0. The third-order valence-corrected chi connectivity index (χ3v) is 4.76. The van der Waals surface area contributed by atoms with Gasteiger partial charge in [-0.1, -0.05) is 23.3 Å². The van der Waals surface area contributed by atoms with E-state index in [4.69, 9.17) is 16.8 Å². The second kappa shape index (κ2) is 10.1. The van der Waals surface area contributed by atoms with E-state index in [1.807, 2.05) is 6.92 Å². The van der Waals surface area contributed by atoms with E-state index in [0.29, 0.717) is 12.8 Å². The molecule has 1 aromatic rings. The maximum Gasteiger partial charge on any atom is 0.237 e. The first kappa shape index (κ1) is 21.9. The molecule has 0 amide bonds. The fraction of sp³-hybridized carbons (Fsp3) is 0.579. The molecule has 0 aliphatic heterocycles. The van der Waals surface area contributed by atoms with Crippen molar-refractivity contribution in [2.45, 2.75) is 70.8 Å². The van der Waals surface area contributed by atoms with E-state index in [2.05, 4.69) is 37.9 Å². The summed E-state index contributed by atoms with van der Waals surface area (Å²) >= 11 is 6.52. The highest BCUT2D eigenvalue weighted by Crippen LogP contribution is 2.28. The minimum atomic E-state index is -1.01. The van der Waals surface area contributed by atoms with E-state index in [0.717, 1.165) is 24.8 Å². The summed E-state index contributed by atoms with van der Waals surface area (Å²) in [4.78, 5) is 1.93. The van der Waals surface area contributed by atoms with Crippen molar-refractivity contribution < 1.29 is 15.5 Å². The molecule has 0 saturated carbocycles. The number of aromatic nitrogens is 1. The first-order valence-electron chi connectivity index (χ1n) is 8.68. The molecule has 3 unspecified atom stereocenters. The third kappa shape index (κ3) is 8.21. The van der Waals surface area contributed by atoms with Gasteiger partial charge < -0.3 is 15.3 Å². The standard InChI is InChI=1S/C19H31ClN2O3/c1-14(2)7-5-8-15(3)9-6-10-19(4,20)17(23)11-16-12-18(21-13-16)22(24)25/h7,9,12-13,17,21-24H,5-6,8,10-11H2,1-4H3. The number of alkyl halides is 1. The van der Waals surface area contributed by atoms with Crippen molar-refractivity contribution in [2.24, 2.45) is 0 Å². The Labute approximate surface area is 155 Å². The third-order valence-electron chi connectivity index (χ3n) is 4.31. The number of hydrogen-bond donors (Lipinski definition) is 4. The van der Waals surface area contributed by atoms with Gasteiger partial charge in [0.05, 0.1) is 11.0 Å². The lowest BCUT2D eigenvalue weighted by Gasteiger charge is -2.27. The van der Waals surface area contributed by atoms with E-state index < -0.39 is 16.2 Å². The first-order chi connectivity index (χ1) is 11.6. The summed E-state index contributed by atoms with van der Waals surface area (Å²) in [5.41, 5.74) is 3.40. The molecule has 0 aromatic carbocycles. The van der Waals surface area contributed by atoms with Crippen LogP contribution in [0.2, 0.25) is 0 Å².